The van der Waals surface area contributed by atoms with Crippen LogP contribution in [-0.2, 0) is 16.0 Å². The molecule has 0 saturated carbocycles. The van der Waals surface area contributed by atoms with E-state index in [1.54, 1.807) is 12.1 Å². The molecule has 15 heavy (non-hydrogen) atoms. The summed E-state index contributed by atoms with van der Waals surface area (Å²) < 4.78 is 16.9. The molecule has 0 fully saturated rings. The van der Waals surface area contributed by atoms with Gasteiger partial charge in [-0.05, 0) is 24.1 Å². The maximum atomic E-state index is 12.5. The second-order valence-corrected chi connectivity index (χ2v) is 2.70. The van der Waals surface area contributed by atoms with Crippen LogP contribution < -0.4 is 0 Å². The SMILES string of the molecule is CC.COC(=O)CCc1ccc(F)cc1. The Bertz CT molecular complexity index is 280. The number of hydrogen-bond donors (Lipinski definition) is 0. The first-order valence-electron chi connectivity index (χ1n) is 5.03. The van der Waals surface area contributed by atoms with E-state index in [0.717, 1.165) is 5.56 Å². The second-order valence-electron chi connectivity index (χ2n) is 2.70. The molecule has 0 bridgehead atoms. The van der Waals surface area contributed by atoms with Crippen molar-refractivity contribution in [2.45, 2.75) is 26.7 Å². The third-order valence-corrected chi connectivity index (χ3v) is 1.76. The van der Waals surface area contributed by atoms with Crippen LogP contribution in [0.1, 0.15) is 25.8 Å². The number of ether oxygens (including phenoxy) is 1. The van der Waals surface area contributed by atoms with Crippen LogP contribution in [0.15, 0.2) is 24.3 Å². The van der Waals surface area contributed by atoms with Gasteiger partial charge >= 0.3 is 5.97 Å². The van der Waals surface area contributed by atoms with Gasteiger partial charge in [0.2, 0.25) is 0 Å². The Morgan fingerprint density at radius 1 is 1.27 bits per heavy atom. The summed E-state index contributed by atoms with van der Waals surface area (Å²) in [5.74, 6) is -0.508. The zero-order valence-electron chi connectivity index (χ0n) is 9.42. The first-order chi connectivity index (χ1) is 7.22. The van der Waals surface area contributed by atoms with E-state index in [2.05, 4.69) is 4.74 Å². The summed E-state index contributed by atoms with van der Waals surface area (Å²) in [6.45, 7) is 4.00. The molecule has 0 aliphatic rings. The van der Waals surface area contributed by atoms with E-state index in [9.17, 15) is 9.18 Å². The highest BCUT2D eigenvalue weighted by Crippen LogP contribution is 2.05. The summed E-state index contributed by atoms with van der Waals surface area (Å²) in [5, 5.41) is 0. The van der Waals surface area contributed by atoms with Crippen LogP contribution in [-0.4, -0.2) is 13.1 Å². The lowest BCUT2D eigenvalue weighted by Crippen LogP contribution is -2.01. The molecule has 1 aromatic rings. The first-order valence-corrected chi connectivity index (χ1v) is 5.03. The predicted molar refractivity (Wildman–Crippen MR) is 58.1 cm³/mol. The summed E-state index contributed by atoms with van der Waals surface area (Å²) in [4.78, 5) is 10.8. The maximum Gasteiger partial charge on any atom is 0.305 e. The molecule has 0 atom stereocenters. The van der Waals surface area contributed by atoms with Crippen LogP contribution >= 0.6 is 0 Å². The zero-order valence-corrected chi connectivity index (χ0v) is 9.42. The van der Waals surface area contributed by atoms with Crippen LogP contribution in [0.5, 0.6) is 0 Å². The topological polar surface area (TPSA) is 26.3 Å². The average molecular weight is 212 g/mol. The van der Waals surface area contributed by atoms with Gasteiger partial charge < -0.3 is 4.74 Å². The van der Waals surface area contributed by atoms with Gasteiger partial charge in [0.25, 0.3) is 0 Å². The molecule has 0 radical (unpaired) electrons. The van der Waals surface area contributed by atoms with Crippen molar-refractivity contribution in [3.05, 3.63) is 35.6 Å². The van der Waals surface area contributed by atoms with Gasteiger partial charge in [-0.2, -0.15) is 0 Å². The molecule has 2 nitrogen and oxygen atoms in total. The fraction of sp³-hybridized carbons (Fsp3) is 0.417. The molecule has 1 rings (SSSR count). The van der Waals surface area contributed by atoms with Crippen LogP contribution in [0.25, 0.3) is 0 Å². The van der Waals surface area contributed by atoms with Gasteiger partial charge in [-0.1, -0.05) is 26.0 Å². The van der Waals surface area contributed by atoms with Crippen LogP contribution in [0.3, 0.4) is 0 Å². The van der Waals surface area contributed by atoms with Gasteiger partial charge in [-0.3, -0.25) is 4.79 Å². The van der Waals surface area contributed by atoms with E-state index >= 15 is 0 Å². The van der Waals surface area contributed by atoms with E-state index in [1.807, 2.05) is 13.8 Å². The molecule has 0 spiro atoms. The van der Waals surface area contributed by atoms with Crippen molar-refractivity contribution in [1.82, 2.24) is 0 Å². The molecule has 0 saturated heterocycles. The fourth-order valence-corrected chi connectivity index (χ4v) is 1.000. The molecule has 0 aromatic heterocycles. The number of carbonyl (C=O) groups is 1. The smallest absolute Gasteiger partial charge is 0.305 e. The normalized spacial score (nSPS) is 8.80. The van der Waals surface area contributed by atoms with Crippen LogP contribution in [0.4, 0.5) is 4.39 Å². The number of esters is 1. The average Bonchev–Trinajstić information content (AvgIpc) is 2.30. The number of halogens is 1. The van der Waals surface area contributed by atoms with E-state index in [1.165, 1.54) is 19.2 Å². The van der Waals surface area contributed by atoms with Gasteiger partial charge in [-0.25, -0.2) is 4.39 Å². The van der Waals surface area contributed by atoms with Crippen molar-refractivity contribution in [1.29, 1.82) is 0 Å². The first kappa shape index (κ1) is 13.6. The number of hydrogen-bond acceptors (Lipinski definition) is 2. The Morgan fingerprint density at radius 3 is 2.27 bits per heavy atom. The number of aryl methyl sites for hydroxylation is 1. The lowest BCUT2D eigenvalue weighted by molar-refractivity contribution is -0.140. The molecule has 3 heteroatoms. The molecule has 84 valence electrons. The Hall–Kier alpha value is -1.38. The Balaban J connectivity index is 0.000000921. The molecule has 0 aliphatic heterocycles. The third kappa shape index (κ3) is 5.83. The number of benzene rings is 1. The number of carbonyl (C=O) groups excluding carboxylic acids is 1. The Labute approximate surface area is 90.1 Å². The highest BCUT2D eigenvalue weighted by atomic mass is 19.1. The molecule has 0 N–H and O–H groups in total. The monoisotopic (exact) mass is 212 g/mol. The molecule has 0 heterocycles. The number of methoxy groups -OCH3 is 1. The van der Waals surface area contributed by atoms with Crippen LogP contribution in [0, 0.1) is 5.82 Å². The highest BCUT2D eigenvalue weighted by Gasteiger charge is 2.00. The van der Waals surface area contributed by atoms with E-state index < -0.39 is 0 Å². The molecule has 0 amide bonds. The van der Waals surface area contributed by atoms with Crippen molar-refractivity contribution in [2.24, 2.45) is 0 Å². The predicted octanol–water partition coefficient (Wildman–Crippen LogP) is 2.96. The van der Waals surface area contributed by atoms with E-state index in [4.69, 9.17) is 0 Å². The zero-order chi connectivity index (χ0) is 11.7. The van der Waals surface area contributed by atoms with Gasteiger partial charge in [0.05, 0.1) is 7.11 Å². The number of rotatable bonds is 3. The van der Waals surface area contributed by atoms with Gasteiger partial charge in [0, 0.05) is 6.42 Å². The summed E-state index contributed by atoms with van der Waals surface area (Å²) >= 11 is 0. The third-order valence-electron chi connectivity index (χ3n) is 1.76. The minimum Gasteiger partial charge on any atom is -0.469 e. The van der Waals surface area contributed by atoms with Gasteiger partial charge in [0.15, 0.2) is 0 Å². The van der Waals surface area contributed by atoms with Crippen molar-refractivity contribution >= 4 is 5.97 Å². The minimum atomic E-state index is -0.262. The Morgan fingerprint density at radius 2 is 1.80 bits per heavy atom. The van der Waals surface area contributed by atoms with Crippen LogP contribution in [0.2, 0.25) is 0 Å². The molecule has 0 aliphatic carbocycles. The van der Waals surface area contributed by atoms with E-state index in [0.29, 0.717) is 12.8 Å². The van der Waals surface area contributed by atoms with Crippen molar-refractivity contribution < 1.29 is 13.9 Å². The fourth-order valence-electron chi connectivity index (χ4n) is 1.000. The molecule has 0 unspecified atom stereocenters. The van der Waals surface area contributed by atoms with Crippen molar-refractivity contribution in [3.8, 4) is 0 Å². The molecular formula is C12H17FO2. The quantitative estimate of drug-likeness (QED) is 0.720. The summed E-state index contributed by atoms with van der Waals surface area (Å²) in [5.41, 5.74) is 0.937. The summed E-state index contributed by atoms with van der Waals surface area (Å²) in [7, 11) is 1.35. The van der Waals surface area contributed by atoms with Gasteiger partial charge in [0.1, 0.15) is 5.82 Å². The molecule has 1 aromatic carbocycles. The largest absolute Gasteiger partial charge is 0.469 e. The van der Waals surface area contributed by atoms with Crippen molar-refractivity contribution in [3.63, 3.8) is 0 Å². The minimum absolute atomic E-state index is 0.246. The summed E-state index contributed by atoms with van der Waals surface area (Å²) in [6, 6.07) is 6.09. The second kappa shape index (κ2) is 7.97. The highest BCUT2D eigenvalue weighted by molar-refractivity contribution is 5.69. The lowest BCUT2D eigenvalue weighted by Gasteiger charge is -1.99. The van der Waals surface area contributed by atoms with E-state index in [-0.39, 0.29) is 11.8 Å². The summed E-state index contributed by atoms with van der Waals surface area (Å²) in [6.07, 6.45) is 0.926. The Kier molecular flexibility index (Phi) is 7.24. The van der Waals surface area contributed by atoms with Gasteiger partial charge in [-0.15, -0.1) is 0 Å². The molecular weight excluding hydrogens is 195 g/mol. The lowest BCUT2D eigenvalue weighted by atomic mass is 10.1. The van der Waals surface area contributed by atoms with Crippen molar-refractivity contribution in [2.75, 3.05) is 7.11 Å². The maximum absolute atomic E-state index is 12.5. The standard InChI is InChI=1S/C10H11FO2.C2H6/c1-13-10(12)7-4-8-2-5-9(11)6-3-8;1-2/h2-3,5-6H,4,7H2,1H3;1-2H3.